The predicted molar refractivity (Wildman–Crippen MR) is 69.3 cm³/mol. The maximum Gasteiger partial charge on any atom is 0.337 e. The molecule has 3 N–H and O–H groups in total. The van der Waals surface area contributed by atoms with E-state index >= 15 is 0 Å². The minimum Gasteiger partial charge on any atom is -0.478 e. The molecule has 1 saturated heterocycles. The van der Waals surface area contributed by atoms with Crippen molar-refractivity contribution in [2.24, 2.45) is 11.7 Å². The van der Waals surface area contributed by atoms with Crippen LogP contribution in [-0.4, -0.2) is 43.4 Å². The van der Waals surface area contributed by atoms with Gasteiger partial charge < -0.3 is 10.8 Å². The van der Waals surface area contributed by atoms with Crippen LogP contribution < -0.4 is 5.73 Å². The zero-order chi connectivity index (χ0) is 14.9. The van der Waals surface area contributed by atoms with Gasteiger partial charge in [-0.1, -0.05) is 0 Å². The van der Waals surface area contributed by atoms with Gasteiger partial charge in [0.25, 0.3) is 0 Å². The molecule has 1 aliphatic rings. The fourth-order valence-corrected chi connectivity index (χ4v) is 3.96. The van der Waals surface area contributed by atoms with Crippen molar-refractivity contribution in [3.8, 4) is 0 Å². The number of hydrogen-bond acceptors (Lipinski definition) is 4. The lowest BCUT2D eigenvalue weighted by Crippen LogP contribution is -2.31. The zero-order valence-corrected chi connectivity index (χ0v) is 11.4. The van der Waals surface area contributed by atoms with Gasteiger partial charge in [-0.2, -0.15) is 4.31 Å². The number of nitrogens with two attached hydrogens (primary N) is 1. The van der Waals surface area contributed by atoms with Crippen LogP contribution in [0, 0.1) is 11.7 Å². The molecule has 0 spiro atoms. The molecule has 6 nitrogen and oxygen atoms in total. The molecule has 2 rings (SSSR count). The molecule has 1 aromatic rings. The number of sulfonamides is 1. The van der Waals surface area contributed by atoms with Crippen molar-refractivity contribution in [1.29, 1.82) is 0 Å². The van der Waals surface area contributed by atoms with Crippen molar-refractivity contribution in [1.82, 2.24) is 4.31 Å². The van der Waals surface area contributed by atoms with Crippen LogP contribution in [0.2, 0.25) is 0 Å². The standard InChI is InChI=1S/C12H15FN2O4S/c13-9-1-2-10(12(16)17)11(5-9)20(18,19)15-4-3-8(6-14)7-15/h1-2,5,8H,3-4,6-7,14H2,(H,16,17). The van der Waals surface area contributed by atoms with Crippen molar-refractivity contribution < 1.29 is 22.7 Å². The second kappa shape index (κ2) is 5.47. The summed E-state index contributed by atoms with van der Waals surface area (Å²) < 4.78 is 39.3. The van der Waals surface area contributed by atoms with Crippen LogP contribution in [0.25, 0.3) is 0 Å². The molecule has 0 bridgehead atoms. The Kier molecular flexibility index (Phi) is 4.07. The van der Waals surface area contributed by atoms with Gasteiger partial charge in [0, 0.05) is 13.1 Å². The molecule has 0 aromatic heterocycles. The first-order chi connectivity index (χ1) is 9.36. The Morgan fingerprint density at radius 2 is 2.20 bits per heavy atom. The van der Waals surface area contributed by atoms with Gasteiger partial charge in [-0.3, -0.25) is 0 Å². The maximum absolute atomic E-state index is 13.3. The molecule has 0 aliphatic carbocycles. The van der Waals surface area contributed by atoms with Crippen LogP contribution in [0.1, 0.15) is 16.8 Å². The highest BCUT2D eigenvalue weighted by molar-refractivity contribution is 7.89. The Morgan fingerprint density at radius 1 is 1.50 bits per heavy atom. The first kappa shape index (κ1) is 14.9. The van der Waals surface area contributed by atoms with Crippen molar-refractivity contribution >= 4 is 16.0 Å². The highest BCUT2D eigenvalue weighted by atomic mass is 32.2. The second-order valence-corrected chi connectivity index (χ2v) is 6.61. The molecule has 1 unspecified atom stereocenters. The molecule has 110 valence electrons. The minimum atomic E-state index is -4.02. The molecule has 8 heteroatoms. The number of aromatic carboxylic acids is 1. The SMILES string of the molecule is NCC1CCN(S(=O)(=O)c2cc(F)ccc2C(=O)O)C1. The van der Waals surface area contributed by atoms with Gasteiger partial charge in [0.2, 0.25) is 10.0 Å². The lowest BCUT2D eigenvalue weighted by atomic mass is 10.1. The minimum absolute atomic E-state index is 0.0478. The quantitative estimate of drug-likeness (QED) is 0.843. The fraction of sp³-hybridized carbons (Fsp3) is 0.417. The van der Waals surface area contributed by atoms with Gasteiger partial charge in [-0.25, -0.2) is 17.6 Å². The molecule has 1 fully saturated rings. The Bertz CT molecular complexity index is 632. The number of benzene rings is 1. The van der Waals surface area contributed by atoms with E-state index in [0.29, 0.717) is 13.0 Å². The Labute approximate surface area is 116 Å². The van der Waals surface area contributed by atoms with E-state index in [-0.39, 0.29) is 19.0 Å². The second-order valence-electron chi connectivity index (χ2n) is 4.70. The molecular weight excluding hydrogens is 287 g/mol. The molecule has 1 aliphatic heterocycles. The summed E-state index contributed by atoms with van der Waals surface area (Å²) in [5.41, 5.74) is 5.08. The van der Waals surface area contributed by atoms with Gasteiger partial charge in [-0.05, 0) is 37.1 Å². The van der Waals surface area contributed by atoms with Crippen molar-refractivity contribution in [3.63, 3.8) is 0 Å². The topological polar surface area (TPSA) is 101 Å². The lowest BCUT2D eigenvalue weighted by Gasteiger charge is -2.17. The van der Waals surface area contributed by atoms with Gasteiger partial charge >= 0.3 is 5.97 Å². The Balaban J connectivity index is 2.44. The molecule has 1 aromatic carbocycles. The molecular formula is C12H15FN2O4S. The number of rotatable bonds is 4. The number of halogens is 1. The van der Waals surface area contributed by atoms with Crippen LogP contribution in [0.15, 0.2) is 23.1 Å². The van der Waals surface area contributed by atoms with E-state index in [0.717, 1.165) is 22.5 Å². The van der Waals surface area contributed by atoms with Crippen LogP contribution in [0.5, 0.6) is 0 Å². The predicted octanol–water partition coefficient (Wildman–Crippen LogP) is 0.493. The summed E-state index contributed by atoms with van der Waals surface area (Å²) in [7, 11) is -4.02. The van der Waals surface area contributed by atoms with Crippen molar-refractivity contribution in [2.45, 2.75) is 11.3 Å². The first-order valence-corrected chi connectivity index (χ1v) is 7.53. The highest BCUT2D eigenvalue weighted by Gasteiger charge is 2.34. The number of carboxylic acid groups (broad SMARTS) is 1. The smallest absolute Gasteiger partial charge is 0.337 e. The molecule has 0 radical (unpaired) electrons. The lowest BCUT2D eigenvalue weighted by molar-refractivity contribution is 0.0692. The summed E-state index contributed by atoms with van der Waals surface area (Å²) in [6.07, 6.45) is 0.619. The first-order valence-electron chi connectivity index (χ1n) is 6.09. The average molecular weight is 302 g/mol. The van der Waals surface area contributed by atoms with Crippen LogP contribution >= 0.6 is 0 Å². The van der Waals surface area contributed by atoms with Crippen molar-refractivity contribution in [3.05, 3.63) is 29.6 Å². The normalized spacial score (nSPS) is 20.2. The third-order valence-corrected chi connectivity index (χ3v) is 5.28. The number of carboxylic acids is 1. The van der Waals surface area contributed by atoms with Crippen molar-refractivity contribution in [2.75, 3.05) is 19.6 Å². The van der Waals surface area contributed by atoms with Gasteiger partial charge in [0.05, 0.1) is 10.5 Å². The van der Waals surface area contributed by atoms with Crippen LogP contribution in [0.3, 0.4) is 0 Å². The van der Waals surface area contributed by atoms with E-state index in [2.05, 4.69) is 0 Å². The number of nitrogens with zero attached hydrogens (tertiary/aromatic N) is 1. The Hall–Kier alpha value is -1.51. The zero-order valence-electron chi connectivity index (χ0n) is 10.6. The molecule has 0 saturated carbocycles. The van der Waals surface area contributed by atoms with E-state index in [4.69, 9.17) is 10.8 Å². The van der Waals surface area contributed by atoms with Crippen LogP contribution in [-0.2, 0) is 10.0 Å². The van der Waals surface area contributed by atoms with E-state index in [9.17, 15) is 17.6 Å². The summed E-state index contributed by atoms with van der Waals surface area (Å²) in [6, 6.07) is 2.63. The molecule has 1 heterocycles. The maximum atomic E-state index is 13.3. The van der Waals surface area contributed by atoms with E-state index in [1.165, 1.54) is 0 Å². The summed E-state index contributed by atoms with van der Waals surface area (Å²) in [4.78, 5) is 10.6. The third kappa shape index (κ3) is 2.67. The fourth-order valence-electron chi connectivity index (χ4n) is 2.23. The van der Waals surface area contributed by atoms with Gasteiger partial charge in [0.15, 0.2) is 0 Å². The molecule has 20 heavy (non-hydrogen) atoms. The highest BCUT2D eigenvalue weighted by Crippen LogP contribution is 2.26. The summed E-state index contributed by atoms with van der Waals surface area (Å²) in [5, 5.41) is 9.04. The van der Waals surface area contributed by atoms with E-state index in [1.807, 2.05) is 0 Å². The summed E-state index contributed by atoms with van der Waals surface area (Å²) in [5.74, 6) is -2.15. The molecule has 0 amide bonds. The monoisotopic (exact) mass is 302 g/mol. The summed E-state index contributed by atoms with van der Waals surface area (Å²) in [6.45, 7) is 0.856. The van der Waals surface area contributed by atoms with Gasteiger partial charge in [-0.15, -0.1) is 0 Å². The molecule has 1 atom stereocenters. The third-order valence-electron chi connectivity index (χ3n) is 3.37. The average Bonchev–Trinajstić information content (AvgIpc) is 2.87. The summed E-state index contributed by atoms with van der Waals surface area (Å²) >= 11 is 0. The van der Waals surface area contributed by atoms with Crippen LogP contribution in [0.4, 0.5) is 4.39 Å². The number of hydrogen-bond donors (Lipinski definition) is 2. The van der Waals surface area contributed by atoms with E-state index < -0.39 is 32.3 Å². The largest absolute Gasteiger partial charge is 0.478 e. The van der Waals surface area contributed by atoms with E-state index in [1.54, 1.807) is 0 Å². The number of carbonyl (C=O) groups is 1. The van der Waals surface area contributed by atoms with Gasteiger partial charge in [0.1, 0.15) is 5.82 Å². The Morgan fingerprint density at radius 3 is 2.75 bits per heavy atom.